The molecule has 0 saturated carbocycles. The molecule has 2 rings (SSSR count). The number of benzene rings is 1. The molecule has 1 aromatic heterocycles. The zero-order chi connectivity index (χ0) is 12.3. The Morgan fingerprint density at radius 1 is 1.35 bits per heavy atom. The van der Waals surface area contributed by atoms with Gasteiger partial charge in [-0.1, -0.05) is 6.07 Å². The fraction of sp³-hybridized carbons (Fsp3) is 0.167. The lowest BCUT2D eigenvalue weighted by Gasteiger charge is -2.17. The number of halogens is 2. The van der Waals surface area contributed by atoms with Crippen LogP contribution in [-0.2, 0) is 0 Å². The van der Waals surface area contributed by atoms with E-state index >= 15 is 0 Å². The summed E-state index contributed by atoms with van der Waals surface area (Å²) in [7, 11) is 1.85. The first-order valence-electron chi connectivity index (χ1n) is 5.10. The summed E-state index contributed by atoms with van der Waals surface area (Å²) >= 11 is 2.12. The summed E-state index contributed by atoms with van der Waals surface area (Å²) < 4.78 is 13.9. The Bertz CT molecular complexity index is 504. The number of hydrogen-bond acceptors (Lipinski definition) is 3. The van der Waals surface area contributed by atoms with E-state index in [4.69, 9.17) is 0 Å². The molecule has 3 nitrogen and oxygen atoms in total. The fourth-order valence-electron chi connectivity index (χ4n) is 1.66. The predicted molar refractivity (Wildman–Crippen MR) is 72.1 cm³/mol. The van der Waals surface area contributed by atoms with Crippen LogP contribution in [0.3, 0.4) is 0 Å². The van der Waals surface area contributed by atoms with Crippen molar-refractivity contribution in [1.29, 1.82) is 0 Å². The number of nitrogens with zero attached hydrogens (tertiary/aromatic N) is 2. The molecular formula is C12H11FIN3. The van der Waals surface area contributed by atoms with E-state index in [-0.39, 0.29) is 11.9 Å². The largest absolute Gasteiger partial charge is 0.308 e. The van der Waals surface area contributed by atoms with Gasteiger partial charge in [-0.05, 0) is 47.3 Å². The van der Waals surface area contributed by atoms with Gasteiger partial charge >= 0.3 is 0 Å². The van der Waals surface area contributed by atoms with Gasteiger partial charge in [-0.15, -0.1) is 0 Å². The molecule has 0 amide bonds. The highest BCUT2D eigenvalue weighted by atomic mass is 127. The van der Waals surface area contributed by atoms with Crippen LogP contribution in [0.4, 0.5) is 4.39 Å². The van der Waals surface area contributed by atoms with Crippen LogP contribution < -0.4 is 5.32 Å². The molecule has 5 heteroatoms. The van der Waals surface area contributed by atoms with E-state index in [1.54, 1.807) is 24.7 Å². The summed E-state index contributed by atoms with van der Waals surface area (Å²) in [5.74, 6) is -0.229. The van der Waals surface area contributed by atoms with Crippen LogP contribution in [0.1, 0.15) is 17.3 Å². The molecule has 1 aromatic carbocycles. The fourth-order valence-corrected chi connectivity index (χ4v) is 2.45. The number of rotatable bonds is 3. The van der Waals surface area contributed by atoms with Crippen LogP contribution in [0, 0.1) is 9.39 Å². The van der Waals surface area contributed by atoms with Gasteiger partial charge in [0.25, 0.3) is 0 Å². The van der Waals surface area contributed by atoms with Gasteiger partial charge in [0.1, 0.15) is 5.82 Å². The molecule has 17 heavy (non-hydrogen) atoms. The van der Waals surface area contributed by atoms with E-state index in [0.717, 1.165) is 14.8 Å². The van der Waals surface area contributed by atoms with Gasteiger partial charge < -0.3 is 5.32 Å². The van der Waals surface area contributed by atoms with E-state index in [2.05, 4.69) is 37.9 Å². The van der Waals surface area contributed by atoms with Crippen molar-refractivity contribution in [3.8, 4) is 0 Å². The number of aromatic nitrogens is 2. The maximum Gasteiger partial charge on any atom is 0.124 e. The predicted octanol–water partition coefficient (Wildman–Crippen LogP) is 2.53. The quantitative estimate of drug-likeness (QED) is 0.871. The van der Waals surface area contributed by atoms with E-state index in [1.165, 1.54) is 12.1 Å². The lowest BCUT2D eigenvalue weighted by molar-refractivity contribution is 0.619. The lowest BCUT2D eigenvalue weighted by Crippen LogP contribution is -2.20. The van der Waals surface area contributed by atoms with Gasteiger partial charge in [-0.2, -0.15) is 0 Å². The molecule has 0 bridgehead atoms. The number of nitrogens with one attached hydrogen (secondary N) is 1. The molecule has 88 valence electrons. The Kier molecular flexibility index (Phi) is 4.01. The minimum Gasteiger partial charge on any atom is -0.308 e. The van der Waals surface area contributed by atoms with Crippen LogP contribution in [0.5, 0.6) is 0 Å². The van der Waals surface area contributed by atoms with Gasteiger partial charge in [0.15, 0.2) is 0 Å². The second kappa shape index (κ2) is 5.50. The van der Waals surface area contributed by atoms with Crippen molar-refractivity contribution in [2.45, 2.75) is 6.04 Å². The molecule has 1 unspecified atom stereocenters. The average Bonchev–Trinajstić information content (AvgIpc) is 2.34. The zero-order valence-electron chi connectivity index (χ0n) is 9.19. The zero-order valence-corrected chi connectivity index (χ0v) is 11.3. The summed E-state index contributed by atoms with van der Waals surface area (Å²) in [6.45, 7) is 0. The Hall–Kier alpha value is -1.08. The molecule has 1 N–H and O–H groups in total. The third-order valence-electron chi connectivity index (χ3n) is 2.44. The topological polar surface area (TPSA) is 37.8 Å². The van der Waals surface area contributed by atoms with Crippen LogP contribution in [0.25, 0.3) is 0 Å². The lowest BCUT2D eigenvalue weighted by atomic mass is 10.0. The molecule has 0 aliphatic rings. The summed E-state index contributed by atoms with van der Waals surface area (Å²) in [5, 5.41) is 3.17. The normalized spacial score (nSPS) is 12.4. The van der Waals surface area contributed by atoms with Crippen LogP contribution in [-0.4, -0.2) is 17.0 Å². The summed E-state index contributed by atoms with van der Waals surface area (Å²) in [4.78, 5) is 8.31. The van der Waals surface area contributed by atoms with Gasteiger partial charge in [-0.25, -0.2) is 4.39 Å². The first kappa shape index (κ1) is 12.4. The second-order valence-corrected chi connectivity index (χ2v) is 4.68. The monoisotopic (exact) mass is 343 g/mol. The van der Waals surface area contributed by atoms with Crippen molar-refractivity contribution < 1.29 is 4.39 Å². The number of hydrogen-bond donors (Lipinski definition) is 1. The minimum absolute atomic E-state index is 0.0730. The highest BCUT2D eigenvalue weighted by Gasteiger charge is 2.16. The minimum atomic E-state index is -0.229. The maximum absolute atomic E-state index is 13.1. The van der Waals surface area contributed by atoms with E-state index in [1.807, 2.05) is 7.05 Å². The SMILES string of the molecule is CNC(c1cnccn1)c1ccc(F)cc1I. The smallest absolute Gasteiger partial charge is 0.124 e. The van der Waals surface area contributed by atoms with Gasteiger partial charge in [0.05, 0.1) is 17.9 Å². The van der Waals surface area contributed by atoms with Crippen molar-refractivity contribution >= 4 is 22.6 Å². The second-order valence-electron chi connectivity index (χ2n) is 3.52. The molecular weight excluding hydrogens is 332 g/mol. The Morgan fingerprint density at radius 2 is 2.18 bits per heavy atom. The molecule has 0 spiro atoms. The van der Waals surface area contributed by atoms with Crippen molar-refractivity contribution in [3.05, 3.63) is 57.4 Å². The highest BCUT2D eigenvalue weighted by molar-refractivity contribution is 14.1. The molecule has 1 heterocycles. The molecule has 0 fully saturated rings. The third kappa shape index (κ3) is 2.78. The Labute approximate surface area is 113 Å². The van der Waals surface area contributed by atoms with Crippen molar-refractivity contribution in [3.63, 3.8) is 0 Å². The van der Waals surface area contributed by atoms with Crippen LogP contribution in [0.15, 0.2) is 36.8 Å². The average molecular weight is 343 g/mol. The standard InChI is InChI=1S/C12H11FIN3/c1-15-12(11-7-16-4-5-17-11)9-3-2-8(13)6-10(9)14/h2-7,12,15H,1H3. The first-order valence-corrected chi connectivity index (χ1v) is 6.18. The molecule has 0 aliphatic carbocycles. The van der Waals surface area contributed by atoms with Crippen molar-refractivity contribution in [2.75, 3.05) is 7.05 Å². The highest BCUT2D eigenvalue weighted by Crippen LogP contribution is 2.24. The van der Waals surface area contributed by atoms with Crippen molar-refractivity contribution in [1.82, 2.24) is 15.3 Å². The third-order valence-corrected chi connectivity index (χ3v) is 3.38. The van der Waals surface area contributed by atoms with Gasteiger partial charge in [0.2, 0.25) is 0 Å². The molecule has 0 aliphatic heterocycles. The molecule has 0 radical (unpaired) electrons. The Balaban J connectivity index is 2.42. The summed E-state index contributed by atoms with van der Waals surface area (Å²) in [5.41, 5.74) is 1.81. The van der Waals surface area contributed by atoms with Gasteiger partial charge in [0, 0.05) is 16.0 Å². The van der Waals surface area contributed by atoms with E-state index in [0.29, 0.717) is 0 Å². The maximum atomic E-state index is 13.1. The van der Waals surface area contributed by atoms with Crippen molar-refractivity contribution in [2.24, 2.45) is 0 Å². The van der Waals surface area contributed by atoms with E-state index in [9.17, 15) is 4.39 Å². The van der Waals surface area contributed by atoms with Crippen LogP contribution in [0.2, 0.25) is 0 Å². The summed E-state index contributed by atoms with van der Waals surface area (Å²) in [6.07, 6.45) is 4.99. The molecule has 2 aromatic rings. The Morgan fingerprint density at radius 3 is 2.76 bits per heavy atom. The van der Waals surface area contributed by atoms with E-state index < -0.39 is 0 Å². The first-order chi connectivity index (χ1) is 8.22. The molecule has 1 atom stereocenters. The van der Waals surface area contributed by atoms with Gasteiger partial charge in [-0.3, -0.25) is 9.97 Å². The molecule has 0 saturated heterocycles. The van der Waals surface area contributed by atoms with Crippen LogP contribution >= 0.6 is 22.6 Å². The summed E-state index contributed by atoms with van der Waals surface area (Å²) in [6, 6.07) is 4.66.